The molecule has 2 aromatic rings. The first kappa shape index (κ1) is 15.5. The minimum Gasteiger partial charge on any atom is -0.309 e. The van der Waals surface area contributed by atoms with Crippen LogP contribution in [0.5, 0.6) is 0 Å². The smallest absolute Gasteiger partial charge is 0.0208 e. The third kappa shape index (κ3) is 6.42. The summed E-state index contributed by atoms with van der Waals surface area (Å²) in [7, 11) is 0. The van der Waals surface area contributed by atoms with Crippen LogP contribution in [0.1, 0.15) is 30.4 Å². The van der Waals surface area contributed by atoms with E-state index in [0.29, 0.717) is 0 Å². The molecule has 0 aliphatic rings. The molecule has 1 nitrogen and oxygen atoms in total. The normalized spacial score (nSPS) is 10.5. The van der Waals surface area contributed by atoms with Crippen molar-refractivity contribution >= 4 is 0 Å². The maximum Gasteiger partial charge on any atom is 0.0208 e. The van der Waals surface area contributed by atoms with E-state index in [9.17, 15) is 0 Å². The molecule has 0 fully saturated rings. The van der Waals surface area contributed by atoms with Crippen molar-refractivity contribution in [1.82, 2.24) is 5.32 Å². The van der Waals surface area contributed by atoms with Crippen LogP contribution in [0, 0.1) is 0 Å². The lowest BCUT2D eigenvalue weighted by atomic mass is 10.0. The Morgan fingerprint density at radius 1 is 0.810 bits per heavy atom. The molecule has 0 aromatic heterocycles. The number of unbranched alkanes of at least 4 members (excludes halogenated alkanes) is 1. The van der Waals surface area contributed by atoms with Gasteiger partial charge in [0.2, 0.25) is 0 Å². The molecule has 0 saturated heterocycles. The average molecular weight is 279 g/mol. The first-order chi connectivity index (χ1) is 10.3. The van der Waals surface area contributed by atoms with Crippen LogP contribution in [0.4, 0.5) is 0 Å². The zero-order valence-electron chi connectivity index (χ0n) is 12.7. The molecule has 0 saturated carbocycles. The largest absolute Gasteiger partial charge is 0.309 e. The Bertz CT molecular complexity index is 516. The summed E-state index contributed by atoms with van der Waals surface area (Å²) in [6.45, 7) is 6.01. The summed E-state index contributed by atoms with van der Waals surface area (Å²) in [4.78, 5) is 0. The Morgan fingerprint density at radius 2 is 1.43 bits per heavy atom. The molecule has 0 aliphatic carbocycles. The molecule has 0 bridgehead atoms. The monoisotopic (exact) mass is 279 g/mol. The van der Waals surface area contributed by atoms with Crippen molar-refractivity contribution in [3.63, 3.8) is 0 Å². The lowest BCUT2D eigenvalue weighted by molar-refractivity contribution is 0.678. The van der Waals surface area contributed by atoms with Gasteiger partial charge in [-0.15, -0.1) is 0 Å². The van der Waals surface area contributed by atoms with Crippen LogP contribution < -0.4 is 5.32 Å². The van der Waals surface area contributed by atoms with Crippen molar-refractivity contribution in [2.45, 2.75) is 32.2 Å². The Hall–Kier alpha value is -1.86. The van der Waals surface area contributed by atoms with E-state index in [2.05, 4.69) is 72.6 Å². The molecular formula is C20H25N. The maximum absolute atomic E-state index is 4.17. The summed E-state index contributed by atoms with van der Waals surface area (Å²) in [6.07, 6.45) is 4.75. The van der Waals surface area contributed by atoms with Crippen molar-refractivity contribution in [3.05, 3.63) is 83.9 Å². The highest BCUT2D eigenvalue weighted by Gasteiger charge is 1.97. The molecule has 110 valence electrons. The number of rotatable bonds is 9. The van der Waals surface area contributed by atoms with Crippen LogP contribution in [0.15, 0.2) is 72.8 Å². The minimum atomic E-state index is 0.917. The van der Waals surface area contributed by atoms with Gasteiger partial charge < -0.3 is 5.32 Å². The summed E-state index contributed by atoms with van der Waals surface area (Å²) < 4.78 is 0. The third-order valence-corrected chi connectivity index (χ3v) is 3.64. The molecule has 21 heavy (non-hydrogen) atoms. The first-order valence-electron chi connectivity index (χ1n) is 7.80. The van der Waals surface area contributed by atoms with Gasteiger partial charge in [-0.2, -0.15) is 0 Å². The van der Waals surface area contributed by atoms with Gasteiger partial charge in [0, 0.05) is 13.1 Å². The van der Waals surface area contributed by atoms with Crippen molar-refractivity contribution in [3.8, 4) is 0 Å². The number of nitrogens with one attached hydrogen (secondary N) is 1. The predicted molar refractivity (Wildman–Crippen MR) is 91.3 cm³/mol. The molecule has 0 heterocycles. The quantitative estimate of drug-likeness (QED) is 0.516. The van der Waals surface area contributed by atoms with E-state index in [-0.39, 0.29) is 0 Å². The second-order valence-electron chi connectivity index (χ2n) is 5.53. The van der Waals surface area contributed by atoms with Crippen molar-refractivity contribution in [1.29, 1.82) is 0 Å². The molecule has 1 heteroatoms. The number of hydrogen-bond acceptors (Lipinski definition) is 1. The first-order valence-corrected chi connectivity index (χ1v) is 7.80. The zero-order valence-corrected chi connectivity index (χ0v) is 12.7. The van der Waals surface area contributed by atoms with E-state index >= 15 is 0 Å². The molecule has 0 radical (unpaired) electrons. The van der Waals surface area contributed by atoms with Crippen molar-refractivity contribution < 1.29 is 0 Å². The topological polar surface area (TPSA) is 12.0 Å². The molecule has 0 aliphatic heterocycles. The van der Waals surface area contributed by atoms with Gasteiger partial charge in [0.25, 0.3) is 0 Å². The van der Waals surface area contributed by atoms with Gasteiger partial charge in [0.05, 0.1) is 0 Å². The summed E-state index contributed by atoms with van der Waals surface area (Å²) in [6, 6.07) is 21.2. The van der Waals surface area contributed by atoms with Crippen LogP contribution in [0.3, 0.4) is 0 Å². The molecule has 0 amide bonds. The molecule has 1 N–H and O–H groups in total. The highest BCUT2D eigenvalue weighted by atomic mass is 14.8. The Balaban J connectivity index is 1.54. The summed E-state index contributed by atoms with van der Waals surface area (Å²) in [5, 5.41) is 3.46. The fourth-order valence-electron chi connectivity index (χ4n) is 2.42. The summed E-state index contributed by atoms with van der Waals surface area (Å²) in [5.74, 6) is 0. The van der Waals surface area contributed by atoms with Crippen LogP contribution in [-0.2, 0) is 13.0 Å². The minimum absolute atomic E-state index is 0.917. The maximum atomic E-state index is 4.17. The van der Waals surface area contributed by atoms with Crippen LogP contribution in [0.25, 0.3) is 0 Å². The van der Waals surface area contributed by atoms with Gasteiger partial charge in [0.15, 0.2) is 0 Å². The summed E-state index contributed by atoms with van der Waals surface area (Å²) >= 11 is 0. The Morgan fingerprint density at radius 3 is 2.10 bits per heavy atom. The number of hydrogen-bond donors (Lipinski definition) is 1. The number of benzene rings is 2. The van der Waals surface area contributed by atoms with Gasteiger partial charge in [0.1, 0.15) is 0 Å². The van der Waals surface area contributed by atoms with Crippen LogP contribution in [0.2, 0.25) is 0 Å². The van der Waals surface area contributed by atoms with Gasteiger partial charge in [-0.1, -0.05) is 72.8 Å². The second-order valence-corrected chi connectivity index (χ2v) is 5.53. The van der Waals surface area contributed by atoms with E-state index in [4.69, 9.17) is 0 Å². The fourth-order valence-corrected chi connectivity index (χ4v) is 2.42. The van der Waals surface area contributed by atoms with E-state index in [1.807, 2.05) is 0 Å². The highest BCUT2D eigenvalue weighted by Crippen LogP contribution is 2.09. The van der Waals surface area contributed by atoms with Gasteiger partial charge >= 0.3 is 0 Å². The zero-order chi connectivity index (χ0) is 14.8. The van der Waals surface area contributed by atoms with E-state index in [0.717, 1.165) is 19.5 Å². The van der Waals surface area contributed by atoms with Gasteiger partial charge in [-0.05, 0) is 36.8 Å². The molecule has 0 unspecified atom stereocenters. The second kappa shape index (κ2) is 9.15. The average Bonchev–Trinajstić information content (AvgIpc) is 2.54. The Kier molecular flexibility index (Phi) is 6.76. The van der Waals surface area contributed by atoms with Crippen LogP contribution >= 0.6 is 0 Å². The standard InChI is InChI=1S/C20H25N/c1-18(16-21-17-20-14-6-3-7-15-20)10-8-9-13-19-11-4-2-5-12-19/h2-7,11-12,14-15,21H,1,8-10,13,16-17H2. The Labute approximate surface area is 128 Å². The molecule has 2 aromatic carbocycles. The van der Waals surface area contributed by atoms with Gasteiger partial charge in [-0.25, -0.2) is 0 Å². The van der Waals surface area contributed by atoms with Crippen molar-refractivity contribution in [2.75, 3.05) is 6.54 Å². The lowest BCUT2D eigenvalue weighted by Gasteiger charge is -2.08. The SMILES string of the molecule is C=C(CCCCc1ccccc1)CNCc1ccccc1. The van der Waals surface area contributed by atoms with E-state index in [1.54, 1.807) is 0 Å². The fraction of sp³-hybridized carbons (Fsp3) is 0.300. The van der Waals surface area contributed by atoms with Crippen LogP contribution in [-0.4, -0.2) is 6.54 Å². The summed E-state index contributed by atoms with van der Waals surface area (Å²) in [5.41, 5.74) is 4.07. The van der Waals surface area contributed by atoms with E-state index in [1.165, 1.54) is 36.0 Å². The predicted octanol–water partition coefficient (Wildman–Crippen LogP) is 4.75. The number of aryl methyl sites for hydroxylation is 1. The molecule has 2 rings (SSSR count). The lowest BCUT2D eigenvalue weighted by Crippen LogP contribution is -2.16. The third-order valence-electron chi connectivity index (χ3n) is 3.64. The highest BCUT2D eigenvalue weighted by molar-refractivity contribution is 5.15. The molecular weight excluding hydrogens is 254 g/mol. The molecule has 0 atom stereocenters. The molecule has 0 spiro atoms. The van der Waals surface area contributed by atoms with E-state index < -0.39 is 0 Å². The van der Waals surface area contributed by atoms with Gasteiger partial charge in [-0.3, -0.25) is 0 Å². The van der Waals surface area contributed by atoms with Crippen molar-refractivity contribution in [2.24, 2.45) is 0 Å².